The lowest BCUT2D eigenvalue weighted by Crippen LogP contribution is -2.31. The summed E-state index contributed by atoms with van der Waals surface area (Å²) >= 11 is 1.32. The Labute approximate surface area is 174 Å². The first-order valence-corrected chi connectivity index (χ1v) is 10.7. The van der Waals surface area contributed by atoms with Crippen LogP contribution < -0.4 is 5.32 Å². The van der Waals surface area contributed by atoms with Crippen LogP contribution in [-0.2, 0) is 22.7 Å². The molecule has 1 N–H and O–H groups in total. The Balaban J connectivity index is 1.58. The van der Waals surface area contributed by atoms with Crippen molar-refractivity contribution in [2.75, 3.05) is 17.6 Å². The Bertz CT molecular complexity index is 903. The number of hydrogen-bond acceptors (Lipinski definition) is 6. The van der Waals surface area contributed by atoms with Crippen molar-refractivity contribution in [3.05, 3.63) is 35.7 Å². The Morgan fingerprint density at radius 2 is 2.03 bits per heavy atom. The second kappa shape index (κ2) is 10.1. The fourth-order valence-electron chi connectivity index (χ4n) is 3.19. The maximum atomic E-state index is 12.2. The maximum absolute atomic E-state index is 12.2. The molecule has 1 aliphatic rings. The SMILES string of the molecule is CCn1c(CN2CCCCCC2=O)nnc1SCC(=O)Nc1ccc(C#N)cc1. The number of nitrogens with one attached hydrogen (secondary N) is 1. The van der Waals surface area contributed by atoms with Gasteiger partial charge in [-0.2, -0.15) is 5.26 Å². The van der Waals surface area contributed by atoms with E-state index in [0.29, 0.717) is 35.9 Å². The van der Waals surface area contributed by atoms with Crippen molar-refractivity contribution < 1.29 is 9.59 Å². The van der Waals surface area contributed by atoms with Gasteiger partial charge < -0.3 is 14.8 Å². The third-order valence-electron chi connectivity index (χ3n) is 4.74. The number of nitriles is 1. The van der Waals surface area contributed by atoms with Crippen LogP contribution in [0, 0.1) is 11.3 Å². The molecule has 2 amide bonds. The molecule has 2 heterocycles. The van der Waals surface area contributed by atoms with Crippen molar-refractivity contribution in [2.45, 2.75) is 50.9 Å². The standard InChI is InChI=1S/C20H24N6O2S/c1-2-26-17(13-25-11-5-3-4-6-19(25)28)23-24-20(26)29-14-18(27)22-16-9-7-15(12-21)8-10-16/h7-10H,2-6,11,13-14H2,1H3,(H,22,27). The second-order valence-electron chi connectivity index (χ2n) is 6.80. The van der Waals surface area contributed by atoms with E-state index in [4.69, 9.17) is 5.26 Å². The summed E-state index contributed by atoms with van der Waals surface area (Å²) in [6.07, 6.45) is 3.64. The average Bonchev–Trinajstić information content (AvgIpc) is 3.01. The van der Waals surface area contributed by atoms with Crippen LogP contribution in [0.1, 0.15) is 44.0 Å². The van der Waals surface area contributed by atoms with Gasteiger partial charge in [-0.15, -0.1) is 10.2 Å². The molecular formula is C20H24N6O2S. The summed E-state index contributed by atoms with van der Waals surface area (Å²) in [5.41, 5.74) is 1.19. The quantitative estimate of drug-likeness (QED) is 0.701. The van der Waals surface area contributed by atoms with Gasteiger partial charge in [-0.3, -0.25) is 9.59 Å². The first-order valence-electron chi connectivity index (χ1n) is 9.73. The van der Waals surface area contributed by atoms with Crippen LogP contribution >= 0.6 is 11.8 Å². The molecule has 0 radical (unpaired) electrons. The summed E-state index contributed by atoms with van der Waals surface area (Å²) in [4.78, 5) is 26.3. The Kier molecular flexibility index (Phi) is 7.25. The van der Waals surface area contributed by atoms with Crippen LogP contribution in [0.2, 0.25) is 0 Å². The van der Waals surface area contributed by atoms with Gasteiger partial charge in [0.1, 0.15) is 0 Å². The van der Waals surface area contributed by atoms with Gasteiger partial charge in [0.2, 0.25) is 11.8 Å². The van der Waals surface area contributed by atoms with Crippen LogP contribution in [0.4, 0.5) is 5.69 Å². The summed E-state index contributed by atoms with van der Waals surface area (Å²) in [6.45, 7) is 3.88. The maximum Gasteiger partial charge on any atom is 0.234 e. The summed E-state index contributed by atoms with van der Waals surface area (Å²) in [5.74, 6) is 0.956. The van der Waals surface area contributed by atoms with Gasteiger partial charge >= 0.3 is 0 Å². The molecule has 2 aromatic rings. The predicted octanol–water partition coefficient (Wildman–Crippen LogP) is 2.80. The smallest absolute Gasteiger partial charge is 0.234 e. The number of rotatable bonds is 7. The van der Waals surface area contributed by atoms with Crippen molar-refractivity contribution in [1.82, 2.24) is 19.7 Å². The number of benzene rings is 1. The molecule has 0 saturated carbocycles. The zero-order chi connectivity index (χ0) is 20.6. The van der Waals surface area contributed by atoms with Crippen LogP contribution in [0.15, 0.2) is 29.4 Å². The Morgan fingerprint density at radius 1 is 1.24 bits per heavy atom. The lowest BCUT2D eigenvalue weighted by Gasteiger charge is -2.20. The van der Waals surface area contributed by atoms with E-state index in [-0.39, 0.29) is 17.6 Å². The molecule has 0 unspecified atom stereocenters. The number of carbonyl (C=O) groups excluding carboxylic acids is 2. The van der Waals surface area contributed by atoms with Gasteiger partial charge in [0.25, 0.3) is 0 Å². The van der Waals surface area contributed by atoms with E-state index in [9.17, 15) is 9.59 Å². The number of thioether (sulfide) groups is 1. The van der Waals surface area contributed by atoms with Crippen LogP contribution in [0.3, 0.4) is 0 Å². The third-order valence-corrected chi connectivity index (χ3v) is 5.71. The van der Waals surface area contributed by atoms with E-state index in [0.717, 1.165) is 31.6 Å². The second-order valence-corrected chi connectivity index (χ2v) is 7.74. The number of likely N-dealkylation sites (tertiary alicyclic amines) is 1. The average molecular weight is 413 g/mol. The highest BCUT2D eigenvalue weighted by Gasteiger charge is 2.21. The zero-order valence-corrected chi connectivity index (χ0v) is 17.2. The minimum atomic E-state index is -0.158. The van der Waals surface area contributed by atoms with Crippen molar-refractivity contribution in [3.63, 3.8) is 0 Å². The molecule has 29 heavy (non-hydrogen) atoms. The molecule has 1 saturated heterocycles. The van der Waals surface area contributed by atoms with Crippen molar-refractivity contribution in [2.24, 2.45) is 0 Å². The van der Waals surface area contributed by atoms with E-state index >= 15 is 0 Å². The van der Waals surface area contributed by atoms with E-state index in [1.54, 1.807) is 24.3 Å². The lowest BCUT2D eigenvalue weighted by atomic mass is 10.2. The normalized spacial score (nSPS) is 14.3. The molecule has 8 nitrogen and oxygen atoms in total. The Hall–Kier alpha value is -2.86. The molecule has 1 aromatic carbocycles. The van der Waals surface area contributed by atoms with E-state index < -0.39 is 0 Å². The Morgan fingerprint density at radius 3 is 2.76 bits per heavy atom. The fourth-order valence-corrected chi connectivity index (χ4v) is 4.01. The fraction of sp³-hybridized carbons (Fsp3) is 0.450. The van der Waals surface area contributed by atoms with Crippen LogP contribution in [-0.4, -0.2) is 43.8 Å². The third kappa shape index (κ3) is 5.57. The summed E-state index contributed by atoms with van der Waals surface area (Å²) in [7, 11) is 0. The van der Waals surface area contributed by atoms with Gasteiger partial charge in [0, 0.05) is 25.2 Å². The van der Waals surface area contributed by atoms with Crippen LogP contribution in [0.25, 0.3) is 0 Å². The molecule has 1 aliphatic heterocycles. The van der Waals surface area contributed by atoms with Gasteiger partial charge in [-0.25, -0.2) is 0 Å². The number of carbonyl (C=O) groups is 2. The van der Waals surface area contributed by atoms with Gasteiger partial charge in [-0.05, 0) is 44.0 Å². The molecule has 0 aliphatic carbocycles. The number of aromatic nitrogens is 3. The number of nitrogens with zero attached hydrogens (tertiary/aromatic N) is 5. The highest BCUT2D eigenvalue weighted by molar-refractivity contribution is 7.99. The summed E-state index contributed by atoms with van der Waals surface area (Å²) in [6, 6.07) is 8.77. The molecule has 0 bridgehead atoms. The molecule has 9 heteroatoms. The number of amides is 2. The van der Waals surface area contributed by atoms with Gasteiger partial charge in [0.05, 0.1) is 23.9 Å². The largest absolute Gasteiger partial charge is 0.335 e. The van der Waals surface area contributed by atoms with Crippen molar-refractivity contribution in [1.29, 1.82) is 5.26 Å². The van der Waals surface area contributed by atoms with Gasteiger partial charge in [0.15, 0.2) is 11.0 Å². The van der Waals surface area contributed by atoms with E-state index in [1.807, 2.05) is 22.5 Å². The van der Waals surface area contributed by atoms with E-state index in [1.165, 1.54) is 11.8 Å². The number of hydrogen-bond donors (Lipinski definition) is 1. The monoisotopic (exact) mass is 412 g/mol. The van der Waals surface area contributed by atoms with Crippen molar-refractivity contribution in [3.8, 4) is 6.07 Å². The molecule has 152 valence electrons. The first kappa shape index (κ1) is 20.9. The molecule has 0 atom stereocenters. The molecular weight excluding hydrogens is 388 g/mol. The minimum Gasteiger partial charge on any atom is -0.335 e. The van der Waals surface area contributed by atoms with Crippen molar-refractivity contribution >= 4 is 29.3 Å². The van der Waals surface area contributed by atoms with E-state index in [2.05, 4.69) is 15.5 Å². The first-order chi connectivity index (χ1) is 14.1. The number of anilines is 1. The molecule has 0 spiro atoms. The highest BCUT2D eigenvalue weighted by Crippen LogP contribution is 2.20. The predicted molar refractivity (Wildman–Crippen MR) is 110 cm³/mol. The lowest BCUT2D eigenvalue weighted by molar-refractivity contribution is -0.131. The van der Waals surface area contributed by atoms with Crippen LogP contribution in [0.5, 0.6) is 0 Å². The minimum absolute atomic E-state index is 0.158. The summed E-state index contributed by atoms with van der Waals surface area (Å²) < 4.78 is 1.96. The topological polar surface area (TPSA) is 104 Å². The molecule has 1 fully saturated rings. The summed E-state index contributed by atoms with van der Waals surface area (Å²) in [5, 5.41) is 20.8. The highest BCUT2D eigenvalue weighted by atomic mass is 32.2. The molecule has 3 rings (SSSR count). The zero-order valence-electron chi connectivity index (χ0n) is 16.4. The van der Waals surface area contributed by atoms with Gasteiger partial charge in [-0.1, -0.05) is 18.2 Å². The molecule has 1 aromatic heterocycles.